The number of ether oxygens (including phenoxy) is 1. The smallest absolute Gasteiger partial charge is 0.339 e. The Morgan fingerprint density at radius 1 is 1.30 bits per heavy atom. The largest absolute Gasteiger partial charge is 0.478 e. The standard InChI is InChI=1S/C15H10FNO3/c1-9-5-6-10(15(18)19)14(7-9)20-13-4-2-3-12(16)11(13)8-17/h2-7H,1H3,(H,18,19). The highest BCUT2D eigenvalue weighted by atomic mass is 19.1. The number of hydrogen-bond donors (Lipinski definition) is 1. The van der Waals surface area contributed by atoms with Gasteiger partial charge in [-0.15, -0.1) is 0 Å². The quantitative estimate of drug-likeness (QED) is 0.927. The molecule has 0 bridgehead atoms. The Morgan fingerprint density at radius 2 is 2.05 bits per heavy atom. The van der Waals surface area contributed by atoms with E-state index < -0.39 is 11.8 Å². The number of carbonyl (C=O) groups is 1. The molecule has 0 aliphatic rings. The van der Waals surface area contributed by atoms with Gasteiger partial charge >= 0.3 is 5.97 Å². The van der Waals surface area contributed by atoms with E-state index in [1.54, 1.807) is 19.1 Å². The molecule has 2 aromatic carbocycles. The number of aryl methyl sites for hydroxylation is 1. The fourth-order valence-corrected chi connectivity index (χ4v) is 1.71. The van der Waals surface area contributed by atoms with Crippen molar-refractivity contribution in [3.8, 4) is 17.6 Å². The molecule has 0 amide bonds. The van der Waals surface area contributed by atoms with E-state index in [1.807, 2.05) is 0 Å². The van der Waals surface area contributed by atoms with Crippen molar-refractivity contribution in [2.24, 2.45) is 0 Å². The highest BCUT2D eigenvalue weighted by Crippen LogP contribution is 2.30. The molecular formula is C15H10FNO3. The van der Waals surface area contributed by atoms with E-state index in [0.29, 0.717) is 0 Å². The van der Waals surface area contributed by atoms with Crippen LogP contribution in [-0.4, -0.2) is 11.1 Å². The number of aromatic carboxylic acids is 1. The summed E-state index contributed by atoms with van der Waals surface area (Å²) in [5, 5.41) is 18.0. The van der Waals surface area contributed by atoms with Crippen molar-refractivity contribution in [2.45, 2.75) is 6.92 Å². The van der Waals surface area contributed by atoms with Crippen LogP contribution in [0, 0.1) is 24.1 Å². The minimum absolute atomic E-state index is 0.0133. The fourth-order valence-electron chi connectivity index (χ4n) is 1.71. The summed E-state index contributed by atoms with van der Waals surface area (Å²) < 4.78 is 18.9. The summed E-state index contributed by atoms with van der Waals surface area (Å²) in [4.78, 5) is 11.1. The maximum atomic E-state index is 13.5. The fraction of sp³-hybridized carbons (Fsp3) is 0.0667. The zero-order valence-electron chi connectivity index (χ0n) is 10.6. The Kier molecular flexibility index (Phi) is 3.67. The van der Waals surface area contributed by atoms with Crippen molar-refractivity contribution in [1.82, 2.24) is 0 Å². The van der Waals surface area contributed by atoms with Gasteiger partial charge in [0.15, 0.2) is 0 Å². The third kappa shape index (κ3) is 2.59. The predicted molar refractivity (Wildman–Crippen MR) is 69.3 cm³/mol. The van der Waals surface area contributed by atoms with Crippen LogP contribution in [0.3, 0.4) is 0 Å². The second kappa shape index (κ2) is 5.41. The van der Waals surface area contributed by atoms with E-state index in [4.69, 9.17) is 15.1 Å². The molecular weight excluding hydrogens is 261 g/mol. The molecule has 0 spiro atoms. The van der Waals surface area contributed by atoms with Crippen LogP contribution in [0.5, 0.6) is 11.5 Å². The maximum absolute atomic E-state index is 13.5. The molecule has 100 valence electrons. The maximum Gasteiger partial charge on any atom is 0.339 e. The molecule has 1 N–H and O–H groups in total. The Balaban J connectivity index is 2.51. The van der Waals surface area contributed by atoms with E-state index >= 15 is 0 Å². The van der Waals surface area contributed by atoms with Crippen molar-refractivity contribution in [2.75, 3.05) is 0 Å². The Labute approximate surface area is 114 Å². The summed E-state index contributed by atoms with van der Waals surface area (Å²) in [5.74, 6) is -1.82. The normalized spacial score (nSPS) is 9.85. The van der Waals surface area contributed by atoms with Crippen LogP contribution in [0.15, 0.2) is 36.4 Å². The van der Waals surface area contributed by atoms with Gasteiger partial charge in [0.1, 0.15) is 34.5 Å². The van der Waals surface area contributed by atoms with Gasteiger partial charge in [0.25, 0.3) is 0 Å². The molecule has 0 saturated heterocycles. The summed E-state index contributed by atoms with van der Waals surface area (Å²) in [5.41, 5.74) is 0.481. The van der Waals surface area contributed by atoms with Crippen LogP contribution < -0.4 is 4.74 Å². The number of carboxylic acid groups (broad SMARTS) is 1. The van der Waals surface area contributed by atoms with Gasteiger partial charge < -0.3 is 9.84 Å². The van der Waals surface area contributed by atoms with Crippen molar-refractivity contribution in [1.29, 1.82) is 5.26 Å². The number of carboxylic acids is 1. The van der Waals surface area contributed by atoms with E-state index in [-0.39, 0.29) is 22.6 Å². The molecule has 0 aliphatic heterocycles. The van der Waals surface area contributed by atoms with E-state index in [2.05, 4.69) is 0 Å². The SMILES string of the molecule is Cc1ccc(C(=O)O)c(Oc2cccc(F)c2C#N)c1. The second-order valence-electron chi connectivity index (χ2n) is 4.13. The molecule has 0 saturated carbocycles. The molecule has 2 rings (SSSR count). The Bertz CT molecular complexity index is 720. The first kappa shape index (κ1) is 13.6. The van der Waals surface area contributed by atoms with Gasteiger partial charge in [0.2, 0.25) is 0 Å². The molecule has 0 atom stereocenters. The molecule has 5 heteroatoms. The Hall–Kier alpha value is -2.87. The monoisotopic (exact) mass is 271 g/mol. The summed E-state index contributed by atoms with van der Waals surface area (Å²) >= 11 is 0. The first-order valence-corrected chi connectivity index (χ1v) is 5.73. The third-order valence-electron chi connectivity index (χ3n) is 2.67. The van der Waals surface area contributed by atoms with Crippen molar-refractivity contribution in [3.05, 3.63) is 58.9 Å². The van der Waals surface area contributed by atoms with Crippen LogP contribution in [-0.2, 0) is 0 Å². The first-order valence-electron chi connectivity index (χ1n) is 5.73. The lowest BCUT2D eigenvalue weighted by Crippen LogP contribution is -2.01. The first-order chi connectivity index (χ1) is 9.52. The van der Waals surface area contributed by atoms with Gasteiger partial charge in [-0.3, -0.25) is 0 Å². The van der Waals surface area contributed by atoms with E-state index in [1.165, 1.54) is 24.3 Å². The summed E-state index contributed by atoms with van der Waals surface area (Å²) in [6.07, 6.45) is 0. The van der Waals surface area contributed by atoms with Crippen LogP contribution >= 0.6 is 0 Å². The molecule has 0 fully saturated rings. The molecule has 0 radical (unpaired) electrons. The highest BCUT2D eigenvalue weighted by molar-refractivity contribution is 5.91. The lowest BCUT2D eigenvalue weighted by atomic mass is 10.1. The molecule has 0 unspecified atom stereocenters. The van der Waals surface area contributed by atoms with Crippen LogP contribution in [0.1, 0.15) is 21.5 Å². The number of hydrogen-bond acceptors (Lipinski definition) is 3. The van der Waals surface area contributed by atoms with Gasteiger partial charge in [-0.2, -0.15) is 5.26 Å². The van der Waals surface area contributed by atoms with Gasteiger partial charge in [0.05, 0.1) is 0 Å². The number of nitrogens with zero attached hydrogens (tertiary/aromatic N) is 1. The minimum Gasteiger partial charge on any atom is -0.478 e. The topological polar surface area (TPSA) is 70.3 Å². The van der Waals surface area contributed by atoms with Crippen molar-refractivity contribution >= 4 is 5.97 Å². The lowest BCUT2D eigenvalue weighted by molar-refractivity contribution is 0.0694. The molecule has 0 aromatic heterocycles. The molecule has 20 heavy (non-hydrogen) atoms. The second-order valence-corrected chi connectivity index (χ2v) is 4.13. The zero-order chi connectivity index (χ0) is 14.7. The van der Waals surface area contributed by atoms with Crippen LogP contribution in [0.25, 0.3) is 0 Å². The zero-order valence-corrected chi connectivity index (χ0v) is 10.6. The summed E-state index contributed by atoms with van der Waals surface area (Å²) in [7, 11) is 0. The van der Waals surface area contributed by atoms with Gasteiger partial charge in [0, 0.05) is 0 Å². The molecule has 0 aliphatic carbocycles. The van der Waals surface area contributed by atoms with Crippen molar-refractivity contribution in [3.63, 3.8) is 0 Å². The minimum atomic E-state index is -1.16. The van der Waals surface area contributed by atoms with Gasteiger partial charge in [-0.25, -0.2) is 9.18 Å². The average Bonchev–Trinajstić information content (AvgIpc) is 2.38. The lowest BCUT2D eigenvalue weighted by Gasteiger charge is -2.11. The van der Waals surface area contributed by atoms with Gasteiger partial charge in [-0.05, 0) is 36.8 Å². The van der Waals surface area contributed by atoms with E-state index in [0.717, 1.165) is 11.6 Å². The summed E-state index contributed by atoms with van der Waals surface area (Å²) in [6, 6.07) is 10.2. The molecule has 2 aromatic rings. The van der Waals surface area contributed by atoms with Crippen LogP contribution in [0.2, 0.25) is 0 Å². The number of nitriles is 1. The predicted octanol–water partition coefficient (Wildman–Crippen LogP) is 3.50. The van der Waals surface area contributed by atoms with E-state index in [9.17, 15) is 9.18 Å². The molecule has 0 heterocycles. The third-order valence-corrected chi connectivity index (χ3v) is 2.67. The number of benzene rings is 2. The number of rotatable bonds is 3. The average molecular weight is 271 g/mol. The van der Waals surface area contributed by atoms with Crippen molar-refractivity contribution < 1.29 is 19.0 Å². The molecule has 4 nitrogen and oxygen atoms in total. The van der Waals surface area contributed by atoms with Crippen LogP contribution in [0.4, 0.5) is 4.39 Å². The number of halogens is 1. The van der Waals surface area contributed by atoms with Gasteiger partial charge in [-0.1, -0.05) is 12.1 Å². The summed E-state index contributed by atoms with van der Waals surface area (Å²) in [6.45, 7) is 1.77. The highest BCUT2D eigenvalue weighted by Gasteiger charge is 2.15. The Morgan fingerprint density at radius 3 is 2.70 bits per heavy atom.